The molecule has 0 spiro atoms. The summed E-state index contributed by atoms with van der Waals surface area (Å²) < 4.78 is 10.7. The summed E-state index contributed by atoms with van der Waals surface area (Å²) in [6, 6.07) is 13.2. The first-order chi connectivity index (χ1) is 15.5. The van der Waals surface area contributed by atoms with Gasteiger partial charge < -0.3 is 14.6 Å². The Kier molecular flexibility index (Phi) is 7.04. The molecular weight excluding hydrogens is 430 g/mol. The molecule has 2 heterocycles. The molecule has 0 saturated carbocycles. The van der Waals surface area contributed by atoms with Gasteiger partial charge in [-0.2, -0.15) is 4.98 Å². The Morgan fingerprint density at radius 2 is 1.84 bits per heavy atom. The van der Waals surface area contributed by atoms with Crippen molar-refractivity contribution in [3.05, 3.63) is 58.9 Å². The van der Waals surface area contributed by atoms with Crippen LogP contribution in [-0.2, 0) is 11.3 Å². The highest BCUT2D eigenvalue weighted by Gasteiger charge is 2.21. The number of anilines is 1. The molecule has 9 heteroatoms. The Morgan fingerprint density at radius 3 is 2.56 bits per heavy atom. The topological polar surface area (TPSA) is 83.7 Å². The molecule has 0 atom stereocenters. The second kappa shape index (κ2) is 10.1. The number of amides is 1. The van der Waals surface area contributed by atoms with Gasteiger partial charge in [-0.1, -0.05) is 46.6 Å². The average Bonchev–Trinajstić information content (AvgIpc) is 3.24. The predicted octanol–water partition coefficient (Wildman–Crippen LogP) is 3.46. The maximum absolute atomic E-state index is 12.5. The van der Waals surface area contributed by atoms with E-state index in [4.69, 9.17) is 20.9 Å². The van der Waals surface area contributed by atoms with E-state index in [1.807, 2.05) is 31.2 Å². The Morgan fingerprint density at radius 1 is 1.12 bits per heavy atom. The van der Waals surface area contributed by atoms with Gasteiger partial charge in [-0.05, 0) is 25.1 Å². The number of halogens is 1. The molecule has 1 N–H and O–H groups in total. The number of methoxy groups -OCH3 is 1. The zero-order valence-electron chi connectivity index (χ0n) is 18.2. The number of aryl methyl sites for hydroxylation is 1. The second-order valence-corrected chi connectivity index (χ2v) is 8.26. The van der Waals surface area contributed by atoms with Crippen molar-refractivity contribution in [1.29, 1.82) is 0 Å². The second-order valence-electron chi connectivity index (χ2n) is 7.82. The number of nitrogens with one attached hydrogen (secondary N) is 1. The molecule has 168 valence electrons. The quantitative estimate of drug-likeness (QED) is 0.584. The standard InChI is InChI=1S/C23H26ClN5O3/c1-16-3-5-17(6-4-16)23-26-22(32-27-23)15-29-11-9-28(10-12-29)14-21(30)25-19-13-18(24)7-8-20(19)31-2/h3-8,13H,9-12,14-15H2,1-2H3,(H,25,30). The van der Waals surface area contributed by atoms with Crippen molar-refractivity contribution in [2.75, 3.05) is 45.2 Å². The van der Waals surface area contributed by atoms with E-state index in [2.05, 4.69) is 25.3 Å². The van der Waals surface area contributed by atoms with Crippen LogP contribution in [0.15, 0.2) is 47.0 Å². The molecule has 0 bridgehead atoms. The molecule has 1 fully saturated rings. The van der Waals surface area contributed by atoms with E-state index in [9.17, 15) is 4.79 Å². The first kappa shape index (κ1) is 22.3. The van der Waals surface area contributed by atoms with Crippen molar-refractivity contribution in [3.8, 4) is 17.1 Å². The number of nitrogens with zero attached hydrogens (tertiary/aromatic N) is 4. The smallest absolute Gasteiger partial charge is 0.241 e. The van der Waals surface area contributed by atoms with Crippen LogP contribution in [0.2, 0.25) is 5.02 Å². The summed E-state index contributed by atoms with van der Waals surface area (Å²) in [7, 11) is 1.56. The Bertz CT molecular complexity index is 1060. The van der Waals surface area contributed by atoms with Gasteiger partial charge in [-0.15, -0.1) is 0 Å². The van der Waals surface area contributed by atoms with Gasteiger partial charge in [0.2, 0.25) is 17.6 Å². The van der Waals surface area contributed by atoms with E-state index >= 15 is 0 Å². The molecule has 8 nitrogen and oxygen atoms in total. The Balaban J connectivity index is 1.25. The van der Waals surface area contributed by atoms with Crippen molar-refractivity contribution in [2.24, 2.45) is 0 Å². The molecule has 1 aromatic heterocycles. The van der Waals surface area contributed by atoms with Gasteiger partial charge in [0.05, 0.1) is 25.9 Å². The fraction of sp³-hybridized carbons (Fsp3) is 0.348. The molecule has 1 saturated heterocycles. The number of ether oxygens (including phenoxy) is 1. The number of rotatable bonds is 7. The maximum Gasteiger partial charge on any atom is 0.241 e. The monoisotopic (exact) mass is 455 g/mol. The number of carbonyl (C=O) groups is 1. The lowest BCUT2D eigenvalue weighted by Crippen LogP contribution is -2.48. The van der Waals surface area contributed by atoms with Gasteiger partial charge in [-0.3, -0.25) is 14.6 Å². The third-order valence-electron chi connectivity index (χ3n) is 5.40. The molecule has 0 aliphatic carbocycles. The molecular formula is C23H26ClN5O3. The van der Waals surface area contributed by atoms with Crippen LogP contribution in [0.4, 0.5) is 5.69 Å². The summed E-state index contributed by atoms with van der Waals surface area (Å²) in [4.78, 5) is 21.4. The highest BCUT2D eigenvalue weighted by atomic mass is 35.5. The predicted molar refractivity (Wildman–Crippen MR) is 123 cm³/mol. The first-order valence-electron chi connectivity index (χ1n) is 10.5. The number of hydrogen-bond acceptors (Lipinski definition) is 7. The first-order valence-corrected chi connectivity index (χ1v) is 10.9. The number of aromatic nitrogens is 2. The van der Waals surface area contributed by atoms with Gasteiger partial charge in [0.1, 0.15) is 5.75 Å². The fourth-order valence-corrected chi connectivity index (χ4v) is 3.78. The lowest BCUT2D eigenvalue weighted by atomic mass is 10.1. The zero-order valence-corrected chi connectivity index (χ0v) is 18.9. The van der Waals surface area contributed by atoms with Gasteiger partial charge in [0.25, 0.3) is 0 Å². The number of benzene rings is 2. The minimum atomic E-state index is -0.0985. The molecule has 1 amide bonds. The van der Waals surface area contributed by atoms with E-state index in [1.54, 1.807) is 25.3 Å². The third kappa shape index (κ3) is 5.64. The number of piperazine rings is 1. The molecule has 2 aromatic carbocycles. The van der Waals surface area contributed by atoms with E-state index in [-0.39, 0.29) is 5.91 Å². The summed E-state index contributed by atoms with van der Waals surface area (Å²) in [5.41, 5.74) is 2.71. The molecule has 0 radical (unpaired) electrons. The van der Waals surface area contributed by atoms with Crippen molar-refractivity contribution >= 4 is 23.2 Å². The molecule has 32 heavy (non-hydrogen) atoms. The largest absolute Gasteiger partial charge is 0.495 e. The summed E-state index contributed by atoms with van der Waals surface area (Å²) in [6.45, 7) is 6.13. The minimum Gasteiger partial charge on any atom is -0.495 e. The highest BCUT2D eigenvalue weighted by molar-refractivity contribution is 6.31. The number of carbonyl (C=O) groups excluding carboxylic acids is 1. The SMILES string of the molecule is COc1ccc(Cl)cc1NC(=O)CN1CCN(Cc2nc(-c3ccc(C)cc3)no2)CC1. The van der Waals surface area contributed by atoms with Crippen LogP contribution in [0.3, 0.4) is 0 Å². The summed E-state index contributed by atoms with van der Waals surface area (Å²) in [6.07, 6.45) is 0. The molecule has 3 aromatic rings. The molecule has 4 rings (SSSR count). The molecule has 1 aliphatic rings. The third-order valence-corrected chi connectivity index (χ3v) is 5.64. The maximum atomic E-state index is 12.5. The highest BCUT2D eigenvalue weighted by Crippen LogP contribution is 2.27. The van der Waals surface area contributed by atoms with Crippen molar-refractivity contribution in [1.82, 2.24) is 19.9 Å². The van der Waals surface area contributed by atoms with Crippen LogP contribution in [0.25, 0.3) is 11.4 Å². The van der Waals surface area contributed by atoms with Crippen molar-refractivity contribution < 1.29 is 14.1 Å². The van der Waals surface area contributed by atoms with Gasteiger partial charge in [0.15, 0.2) is 0 Å². The lowest BCUT2D eigenvalue weighted by molar-refractivity contribution is -0.117. The minimum absolute atomic E-state index is 0.0985. The zero-order chi connectivity index (χ0) is 22.5. The normalized spacial score (nSPS) is 15.0. The van der Waals surface area contributed by atoms with Gasteiger partial charge in [0, 0.05) is 36.8 Å². The Hall–Kier alpha value is -2.94. The van der Waals surface area contributed by atoms with Crippen LogP contribution in [0, 0.1) is 6.92 Å². The van der Waals surface area contributed by atoms with Crippen LogP contribution in [0.5, 0.6) is 5.75 Å². The van der Waals surface area contributed by atoms with Gasteiger partial charge >= 0.3 is 0 Å². The van der Waals surface area contributed by atoms with Gasteiger partial charge in [-0.25, -0.2) is 0 Å². The van der Waals surface area contributed by atoms with E-state index < -0.39 is 0 Å². The van der Waals surface area contributed by atoms with Crippen LogP contribution in [-0.4, -0.2) is 65.7 Å². The van der Waals surface area contributed by atoms with Crippen LogP contribution < -0.4 is 10.1 Å². The fourth-order valence-electron chi connectivity index (χ4n) is 3.61. The molecule has 1 aliphatic heterocycles. The van der Waals surface area contributed by atoms with Crippen molar-refractivity contribution in [2.45, 2.75) is 13.5 Å². The van der Waals surface area contributed by atoms with E-state index in [1.165, 1.54) is 5.56 Å². The number of hydrogen-bond donors (Lipinski definition) is 1. The lowest BCUT2D eigenvalue weighted by Gasteiger charge is -2.33. The summed E-state index contributed by atoms with van der Waals surface area (Å²) >= 11 is 6.03. The van der Waals surface area contributed by atoms with E-state index in [0.717, 1.165) is 31.7 Å². The van der Waals surface area contributed by atoms with Crippen LogP contribution in [0.1, 0.15) is 11.5 Å². The van der Waals surface area contributed by atoms with E-state index in [0.29, 0.717) is 41.3 Å². The Labute approximate surface area is 192 Å². The molecule has 0 unspecified atom stereocenters. The summed E-state index contributed by atoms with van der Waals surface area (Å²) in [5.74, 6) is 1.68. The van der Waals surface area contributed by atoms with Crippen LogP contribution >= 0.6 is 11.6 Å². The van der Waals surface area contributed by atoms with Crippen molar-refractivity contribution in [3.63, 3.8) is 0 Å². The summed E-state index contributed by atoms with van der Waals surface area (Å²) in [5, 5.41) is 7.53. The average molecular weight is 456 g/mol.